The maximum Gasteiger partial charge on any atom is 0.238 e. The Morgan fingerprint density at radius 3 is 2.50 bits per heavy atom. The van der Waals surface area contributed by atoms with Gasteiger partial charge in [-0.1, -0.05) is 0 Å². The topological polar surface area (TPSA) is 103 Å². The van der Waals surface area contributed by atoms with Gasteiger partial charge < -0.3 is 5.32 Å². The Hall–Kier alpha value is -1.93. The van der Waals surface area contributed by atoms with E-state index in [9.17, 15) is 8.42 Å². The van der Waals surface area contributed by atoms with Crippen molar-refractivity contribution < 1.29 is 8.42 Å². The lowest BCUT2D eigenvalue weighted by Crippen LogP contribution is -2.12. The summed E-state index contributed by atoms with van der Waals surface area (Å²) in [5.41, 5.74) is 0.773. The van der Waals surface area contributed by atoms with E-state index in [1.54, 1.807) is 30.2 Å². The lowest BCUT2D eigenvalue weighted by molar-refractivity contribution is 0.598. The first-order chi connectivity index (χ1) is 8.45. The zero-order chi connectivity index (χ0) is 13.2. The molecule has 8 heteroatoms. The summed E-state index contributed by atoms with van der Waals surface area (Å²) in [7, 11) is -1.85. The van der Waals surface area contributed by atoms with Gasteiger partial charge in [0.1, 0.15) is 6.33 Å². The molecule has 0 radical (unpaired) electrons. The van der Waals surface area contributed by atoms with Gasteiger partial charge in [0.15, 0.2) is 5.82 Å². The molecule has 0 unspecified atom stereocenters. The van der Waals surface area contributed by atoms with E-state index in [0.717, 1.165) is 5.69 Å². The van der Waals surface area contributed by atoms with Gasteiger partial charge in [0.05, 0.1) is 11.4 Å². The molecule has 1 aromatic heterocycles. The van der Waals surface area contributed by atoms with Gasteiger partial charge in [0.2, 0.25) is 10.0 Å². The van der Waals surface area contributed by atoms with Crippen LogP contribution in [0, 0.1) is 0 Å². The number of hydrogen-bond donors (Lipinski definition) is 2. The molecule has 0 aliphatic heterocycles. The fourth-order valence-corrected chi connectivity index (χ4v) is 1.92. The average molecular weight is 267 g/mol. The summed E-state index contributed by atoms with van der Waals surface area (Å²) in [6.07, 6.45) is 1.61. The number of sulfonamides is 1. The molecule has 7 nitrogen and oxygen atoms in total. The highest BCUT2D eigenvalue weighted by molar-refractivity contribution is 7.89. The Labute approximate surface area is 105 Å². The minimum absolute atomic E-state index is 0.0870. The molecule has 0 amide bonds. The molecule has 0 saturated carbocycles. The third-order valence-electron chi connectivity index (χ3n) is 2.28. The summed E-state index contributed by atoms with van der Waals surface area (Å²) in [6.45, 7) is 0.468. The van der Waals surface area contributed by atoms with Gasteiger partial charge in [-0.05, 0) is 24.3 Å². The zero-order valence-corrected chi connectivity index (χ0v) is 10.6. The number of aryl methyl sites for hydroxylation is 1. The van der Waals surface area contributed by atoms with Gasteiger partial charge in [0, 0.05) is 12.7 Å². The van der Waals surface area contributed by atoms with E-state index < -0.39 is 10.0 Å². The average Bonchev–Trinajstić information content (AvgIpc) is 2.72. The van der Waals surface area contributed by atoms with Crippen molar-refractivity contribution in [1.82, 2.24) is 14.8 Å². The van der Waals surface area contributed by atoms with Crippen LogP contribution < -0.4 is 10.5 Å². The van der Waals surface area contributed by atoms with Gasteiger partial charge in [-0.15, -0.1) is 0 Å². The minimum atomic E-state index is -3.64. The van der Waals surface area contributed by atoms with Gasteiger partial charge in [-0.3, -0.25) is 4.68 Å². The fourth-order valence-electron chi connectivity index (χ4n) is 1.41. The number of nitrogens with zero attached hydrogens (tertiary/aromatic N) is 3. The minimum Gasteiger partial charge on any atom is -0.378 e. The van der Waals surface area contributed by atoms with Gasteiger partial charge in [-0.25, -0.2) is 18.5 Å². The third-order valence-corrected chi connectivity index (χ3v) is 3.21. The van der Waals surface area contributed by atoms with Crippen LogP contribution in [0.2, 0.25) is 0 Å². The Balaban J connectivity index is 2.03. The smallest absolute Gasteiger partial charge is 0.238 e. The number of nitrogens with two attached hydrogens (primary N) is 1. The van der Waals surface area contributed by atoms with Crippen molar-refractivity contribution >= 4 is 15.7 Å². The number of nitrogens with one attached hydrogen (secondary N) is 1. The van der Waals surface area contributed by atoms with E-state index in [1.165, 1.54) is 12.1 Å². The van der Waals surface area contributed by atoms with Crippen LogP contribution in [0.25, 0.3) is 0 Å². The highest BCUT2D eigenvalue weighted by Gasteiger charge is 2.06. The molecule has 1 aromatic carbocycles. The molecule has 0 aliphatic carbocycles. The Bertz CT molecular complexity index is 633. The van der Waals surface area contributed by atoms with Crippen LogP contribution >= 0.6 is 0 Å². The summed E-state index contributed by atoms with van der Waals surface area (Å²) in [6, 6.07) is 6.18. The molecular formula is C10H13N5O2S. The van der Waals surface area contributed by atoms with Crippen molar-refractivity contribution in [3.05, 3.63) is 36.4 Å². The Kier molecular flexibility index (Phi) is 3.30. The van der Waals surface area contributed by atoms with Crippen LogP contribution in [0.4, 0.5) is 5.69 Å². The highest BCUT2D eigenvalue weighted by Crippen LogP contribution is 2.13. The summed E-state index contributed by atoms with van der Waals surface area (Å²) in [5, 5.41) is 12.2. The second kappa shape index (κ2) is 4.75. The van der Waals surface area contributed by atoms with Gasteiger partial charge in [-0.2, -0.15) is 5.10 Å². The maximum absolute atomic E-state index is 11.1. The summed E-state index contributed by atoms with van der Waals surface area (Å²) >= 11 is 0. The number of anilines is 1. The SMILES string of the molecule is Cn1cnc(CNc2ccc(S(N)(=O)=O)cc2)n1. The van der Waals surface area contributed by atoms with Crippen molar-refractivity contribution in [3.63, 3.8) is 0 Å². The van der Waals surface area contributed by atoms with Gasteiger partial charge in [0.25, 0.3) is 0 Å². The Morgan fingerprint density at radius 2 is 2.00 bits per heavy atom. The number of aromatic nitrogens is 3. The normalized spacial score (nSPS) is 11.4. The predicted molar refractivity (Wildman–Crippen MR) is 66.1 cm³/mol. The molecule has 96 valence electrons. The molecule has 1 heterocycles. The summed E-state index contributed by atoms with van der Waals surface area (Å²) < 4.78 is 23.7. The van der Waals surface area contributed by atoms with Crippen molar-refractivity contribution in [3.8, 4) is 0 Å². The molecule has 0 fully saturated rings. The van der Waals surface area contributed by atoms with Crippen molar-refractivity contribution in [2.24, 2.45) is 12.2 Å². The van der Waals surface area contributed by atoms with Crippen LogP contribution in [0.5, 0.6) is 0 Å². The lowest BCUT2D eigenvalue weighted by atomic mass is 10.3. The quantitative estimate of drug-likeness (QED) is 0.816. The monoisotopic (exact) mass is 267 g/mol. The Morgan fingerprint density at radius 1 is 1.33 bits per heavy atom. The van der Waals surface area contributed by atoms with Crippen LogP contribution in [-0.4, -0.2) is 23.2 Å². The summed E-state index contributed by atoms with van der Waals surface area (Å²) in [5.74, 6) is 0.660. The van der Waals surface area contributed by atoms with E-state index >= 15 is 0 Å². The largest absolute Gasteiger partial charge is 0.378 e. The molecule has 18 heavy (non-hydrogen) atoms. The molecule has 0 saturated heterocycles. The van der Waals surface area contributed by atoms with E-state index in [2.05, 4.69) is 15.4 Å². The predicted octanol–water partition coefficient (Wildman–Crippen LogP) is 0.0746. The number of primary sulfonamides is 1. The molecular weight excluding hydrogens is 254 g/mol. The van der Waals surface area contributed by atoms with Crippen LogP contribution in [0.3, 0.4) is 0 Å². The van der Waals surface area contributed by atoms with Crippen LogP contribution in [0.15, 0.2) is 35.5 Å². The van der Waals surface area contributed by atoms with Crippen molar-refractivity contribution in [2.75, 3.05) is 5.32 Å². The molecule has 3 N–H and O–H groups in total. The number of hydrogen-bond acceptors (Lipinski definition) is 5. The molecule has 0 bridgehead atoms. The molecule has 2 rings (SSSR count). The lowest BCUT2D eigenvalue weighted by Gasteiger charge is -2.04. The highest BCUT2D eigenvalue weighted by atomic mass is 32.2. The van der Waals surface area contributed by atoms with Crippen LogP contribution in [-0.2, 0) is 23.6 Å². The van der Waals surface area contributed by atoms with Crippen LogP contribution in [0.1, 0.15) is 5.82 Å². The first kappa shape index (κ1) is 12.5. The first-order valence-corrected chi connectivity index (χ1v) is 6.71. The number of benzene rings is 1. The summed E-state index contributed by atoms with van der Waals surface area (Å²) in [4.78, 5) is 4.15. The molecule has 0 atom stereocenters. The third kappa shape index (κ3) is 3.05. The number of rotatable bonds is 4. The van der Waals surface area contributed by atoms with E-state index in [-0.39, 0.29) is 4.90 Å². The standard InChI is InChI=1S/C10H13N5O2S/c1-15-7-13-10(14-15)6-12-8-2-4-9(5-3-8)18(11,16)17/h2-5,7,12H,6H2,1H3,(H2,11,16,17). The second-order valence-corrected chi connectivity index (χ2v) is 5.32. The maximum atomic E-state index is 11.1. The zero-order valence-electron chi connectivity index (χ0n) is 9.74. The molecule has 0 spiro atoms. The molecule has 2 aromatic rings. The van der Waals surface area contributed by atoms with Crippen molar-refractivity contribution in [1.29, 1.82) is 0 Å². The second-order valence-electron chi connectivity index (χ2n) is 3.76. The van der Waals surface area contributed by atoms with E-state index in [1.807, 2.05) is 0 Å². The van der Waals surface area contributed by atoms with Gasteiger partial charge >= 0.3 is 0 Å². The van der Waals surface area contributed by atoms with Crippen molar-refractivity contribution in [2.45, 2.75) is 11.4 Å². The first-order valence-electron chi connectivity index (χ1n) is 5.16. The van der Waals surface area contributed by atoms with E-state index in [4.69, 9.17) is 5.14 Å². The van der Waals surface area contributed by atoms with E-state index in [0.29, 0.717) is 12.4 Å². The fraction of sp³-hybridized carbons (Fsp3) is 0.200. The molecule has 0 aliphatic rings.